The molecule has 0 unspecified atom stereocenters. The molecule has 0 aliphatic rings. The summed E-state index contributed by atoms with van der Waals surface area (Å²) >= 11 is 0. The van der Waals surface area contributed by atoms with Crippen LogP contribution >= 0.6 is 0 Å². The summed E-state index contributed by atoms with van der Waals surface area (Å²) in [4.78, 5) is 18.5. The third-order valence-electron chi connectivity index (χ3n) is 4.10. The lowest BCUT2D eigenvalue weighted by atomic mass is 10.1. The van der Waals surface area contributed by atoms with Gasteiger partial charge in [-0.1, -0.05) is 30.3 Å². The predicted molar refractivity (Wildman–Crippen MR) is 105 cm³/mol. The molecule has 1 amide bonds. The van der Waals surface area contributed by atoms with Crippen LogP contribution in [0, 0.1) is 0 Å². The second-order valence-electron chi connectivity index (χ2n) is 6.10. The Morgan fingerprint density at radius 1 is 0.857 bits per heavy atom. The smallest absolute Gasteiger partial charge is 0.417 e. The molecule has 0 radical (unpaired) electrons. The van der Waals surface area contributed by atoms with Crippen LogP contribution in [0.1, 0.15) is 11.1 Å². The first-order chi connectivity index (χ1) is 13.7. The molecule has 6 nitrogen and oxygen atoms in total. The van der Waals surface area contributed by atoms with Crippen LogP contribution < -0.4 is 14.2 Å². The fourth-order valence-corrected chi connectivity index (χ4v) is 2.73. The quantitative estimate of drug-likeness (QED) is 0.613. The Labute approximate surface area is 164 Å². The zero-order valence-electron chi connectivity index (χ0n) is 15.9. The van der Waals surface area contributed by atoms with Gasteiger partial charge in [-0.3, -0.25) is 4.90 Å². The van der Waals surface area contributed by atoms with Crippen molar-refractivity contribution in [3.63, 3.8) is 0 Å². The van der Waals surface area contributed by atoms with Crippen LogP contribution in [0.2, 0.25) is 0 Å². The first-order valence-corrected chi connectivity index (χ1v) is 8.81. The van der Waals surface area contributed by atoms with Crippen LogP contribution in [-0.2, 0) is 13.1 Å². The fourth-order valence-electron chi connectivity index (χ4n) is 2.73. The standard InChI is InChI=1S/C22H22N2O4/c1-26-19-9-5-7-17(13-19)15-24(16-18-8-6-10-20(14-18)27-2)22(25)28-21-11-3-4-12-23-21/h3-14H,15-16H2,1-2H3. The van der Waals surface area contributed by atoms with Gasteiger partial charge in [0.05, 0.1) is 14.2 Å². The Kier molecular flexibility index (Phi) is 6.46. The highest BCUT2D eigenvalue weighted by molar-refractivity contribution is 5.70. The Morgan fingerprint density at radius 3 is 1.96 bits per heavy atom. The van der Waals surface area contributed by atoms with Crippen molar-refractivity contribution in [2.75, 3.05) is 14.2 Å². The lowest BCUT2D eigenvalue weighted by molar-refractivity contribution is 0.144. The van der Waals surface area contributed by atoms with Gasteiger partial charge in [-0.15, -0.1) is 0 Å². The molecule has 3 aromatic rings. The van der Waals surface area contributed by atoms with E-state index in [9.17, 15) is 4.79 Å². The van der Waals surface area contributed by atoms with Crippen LogP contribution in [0.4, 0.5) is 4.79 Å². The van der Waals surface area contributed by atoms with Crippen LogP contribution in [0.25, 0.3) is 0 Å². The Morgan fingerprint density at radius 2 is 1.46 bits per heavy atom. The van der Waals surface area contributed by atoms with E-state index in [2.05, 4.69) is 4.98 Å². The number of nitrogens with zero attached hydrogens (tertiary/aromatic N) is 2. The highest BCUT2D eigenvalue weighted by Crippen LogP contribution is 2.19. The number of benzene rings is 2. The molecule has 2 aromatic carbocycles. The van der Waals surface area contributed by atoms with E-state index in [0.717, 1.165) is 22.6 Å². The molecule has 0 spiro atoms. The van der Waals surface area contributed by atoms with Gasteiger partial charge in [0.2, 0.25) is 5.88 Å². The van der Waals surface area contributed by atoms with E-state index in [0.29, 0.717) is 13.1 Å². The summed E-state index contributed by atoms with van der Waals surface area (Å²) in [5, 5.41) is 0. The number of methoxy groups -OCH3 is 2. The number of aromatic nitrogens is 1. The topological polar surface area (TPSA) is 60.9 Å². The summed E-state index contributed by atoms with van der Waals surface area (Å²) in [6.45, 7) is 0.722. The molecule has 6 heteroatoms. The minimum absolute atomic E-state index is 0.258. The summed E-state index contributed by atoms with van der Waals surface area (Å²) < 4.78 is 16.0. The molecule has 0 aliphatic carbocycles. The van der Waals surface area contributed by atoms with E-state index in [4.69, 9.17) is 14.2 Å². The second-order valence-corrected chi connectivity index (χ2v) is 6.10. The normalized spacial score (nSPS) is 10.2. The molecule has 1 aromatic heterocycles. The van der Waals surface area contributed by atoms with Crippen molar-refractivity contribution < 1.29 is 19.0 Å². The van der Waals surface area contributed by atoms with Gasteiger partial charge in [0.25, 0.3) is 0 Å². The van der Waals surface area contributed by atoms with Gasteiger partial charge < -0.3 is 14.2 Å². The van der Waals surface area contributed by atoms with Gasteiger partial charge in [-0.2, -0.15) is 0 Å². The molecular formula is C22H22N2O4. The molecule has 0 atom stereocenters. The highest BCUT2D eigenvalue weighted by atomic mass is 16.6. The van der Waals surface area contributed by atoms with Gasteiger partial charge in [0.1, 0.15) is 11.5 Å². The zero-order chi connectivity index (χ0) is 19.8. The van der Waals surface area contributed by atoms with Crippen LogP contribution in [0.15, 0.2) is 72.9 Å². The number of hydrogen-bond donors (Lipinski definition) is 0. The lowest BCUT2D eigenvalue weighted by Gasteiger charge is -2.22. The predicted octanol–water partition coefficient (Wildman–Crippen LogP) is 4.30. The number of carbonyl (C=O) groups is 1. The van der Waals surface area contributed by atoms with Gasteiger partial charge in [0, 0.05) is 25.4 Å². The Hall–Kier alpha value is -3.54. The maximum absolute atomic E-state index is 12.8. The van der Waals surface area contributed by atoms with Crippen molar-refractivity contribution in [2.24, 2.45) is 0 Å². The summed E-state index contributed by atoms with van der Waals surface area (Å²) in [5.41, 5.74) is 1.86. The van der Waals surface area contributed by atoms with Crippen LogP contribution in [0.3, 0.4) is 0 Å². The molecule has 3 rings (SSSR count). The van der Waals surface area contributed by atoms with Crippen molar-refractivity contribution in [1.82, 2.24) is 9.88 Å². The van der Waals surface area contributed by atoms with Gasteiger partial charge in [-0.25, -0.2) is 9.78 Å². The van der Waals surface area contributed by atoms with Crippen LogP contribution in [0.5, 0.6) is 17.4 Å². The van der Waals surface area contributed by atoms with Gasteiger partial charge in [0.15, 0.2) is 0 Å². The largest absolute Gasteiger partial charge is 0.497 e. The summed E-state index contributed by atoms with van der Waals surface area (Å²) in [7, 11) is 3.23. The number of pyridine rings is 1. The van der Waals surface area contributed by atoms with E-state index < -0.39 is 6.09 Å². The number of carbonyl (C=O) groups excluding carboxylic acids is 1. The third-order valence-corrected chi connectivity index (χ3v) is 4.10. The SMILES string of the molecule is COc1cccc(CN(Cc2cccc(OC)c2)C(=O)Oc2ccccn2)c1. The monoisotopic (exact) mass is 378 g/mol. The Balaban J connectivity index is 1.82. The lowest BCUT2D eigenvalue weighted by Crippen LogP contribution is -2.32. The molecular weight excluding hydrogens is 356 g/mol. The summed E-state index contributed by atoms with van der Waals surface area (Å²) in [6, 6.07) is 20.4. The average molecular weight is 378 g/mol. The van der Waals surface area contributed by atoms with E-state index in [1.165, 1.54) is 0 Å². The number of amides is 1. The van der Waals surface area contributed by atoms with Gasteiger partial charge in [-0.05, 0) is 41.5 Å². The molecule has 0 N–H and O–H groups in total. The van der Waals surface area contributed by atoms with Crippen molar-refractivity contribution >= 4 is 6.09 Å². The van der Waals surface area contributed by atoms with Crippen molar-refractivity contribution in [2.45, 2.75) is 13.1 Å². The zero-order valence-corrected chi connectivity index (χ0v) is 15.9. The first kappa shape index (κ1) is 19.2. The van der Waals surface area contributed by atoms with E-state index in [1.807, 2.05) is 48.5 Å². The van der Waals surface area contributed by atoms with E-state index in [-0.39, 0.29) is 5.88 Å². The summed E-state index contributed by atoms with van der Waals surface area (Å²) in [5.74, 6) is 1.72. The number of hydrogen-bond acceptors (Lipinski definition) is 5. The average Bonchev–Trinajstić information content (AvgIpc) is 2.74. The summed E-state index contributed by atoms with van der Waals surface area (Å²) in [6.07, 6.45) is 1.10. The molecule has 1 heterocycles. The number of ether oxygens (including phenoxy) is 3. The van der Waals surface area contributed by atoms with E-state index >= 15 is 0 Å². The maximum Gasteiger partial charge on any atom is 0.417 e. The minimum atomic E-state index is -0.482. The molecule has 0 fully saturated rings. The number of rotatable bonds is 7. The maximum atomic E-state index is 12.8. The second kappa shape index (κ2) is 9.41. The third kappa shape index (κ3) is 5.23. The molecule has 0 saturated heterocycles. The molecule has 28 heavy (non-hydrogen) atoms. The Bertz CT molecular complexity index is 866. The molecule has 0 bridgehead atoms. The minimum Gasteiger partial charge on any atom is -0.497 e. The van der Waals surface area contributed by atoms with Gasteiger partial charge >= 0.3 is 6.09 Å². The molecule has 0 aliphatic heterocycles. The van der Waals surface area contributed by atoms with Crippen molar-refractivity contribution in [1.29, 1.82) is 0 Å². The first-order valence-electron chi connectivity index (χ1n) is 8.81. The fraction of sp³-hybridized carbons (Fsp3) is 0.182. The molecule has 0 saturated carbocycles. The van der Waals surface area contributed by atoms with Crippen LogP contribution in [-0.4, -0.2) is 30.2 Å². The molecule has 144 valence electrons. The van der Waals surface area contributed by atoms with Crippen molar-refractivity contribution in [3.05, 3.63) is 84.1 Å². The van der Waals surface area contributed by atoms with Crippen molar-refractivity contribution in [3.8, 4) is 17.4 Å². The van der Waals surface area contributed by atoms with E-state index in [1.54, 1.807) is 43.5 Å². The highest BCUT2D eigenvalue weighted by Gasteiger charge is 2.18.